The molecule has 1 unspecified atom stereocenters. The standard InChI is InChI=1S/C15H20FNO2/c1-15(19)7-4-9-17(10-8-15)11-14(18)12-5-2-3-6-13(12)16/h2-3,5-6,19H,4,7-11H2,1H3. The van der Waals surface area contributed by atoms with Crippen LogP contribution in [0, 0.1) is 5.82 Å². The highest BCUT2D eigenvalue weighted by Crippen LogP contribution is 2.21. The van der Waals surface area contributed by atoms with Crippen LogP contribution in [0.25, 0.3) is 0 Å². The smallest absolute Gasteiger partial charge is 0.179 e. The Bertz CT molecular complexity index is 459. The number of carbonyl (C=O) groups is 1. The van der Waals surface area contributed by atoms with Crippen molar-refractivity contribution in [3.63, 3.8) is 0 Å². The van der Waals surface area contributed by atoms with Crippen LogP contribution in [-0.4, -0.2) is 41.0 Å². The van der Waals surface area contributed by atoms with E-state index in [2.05, 4.69) is 0 Å². The second kappa shape index (κ2) is 5.80. The number of halogens is 1. The number of benzene rings is 1. The quantitative estimate of drug-likeness (QED) is 0.852. The zero-order chi connectivity index (χ0) is 13.9. The fourth-order valence-electron chi connectivity index (χ4n) is 2.45. The maximum atomic E-state index is 13.5. The predicted molar refractivity (Wildman–Crippen MR) is 71.6 cm³/mol. The van der Waals surface area contributed by atoms with E-state index in [1.807, 2.05) is 11.8 Å². The van der Waals surface area contributed by atoms with Crippen LogP contribution >= 0.6 is 0 Å². The van der Waals surface area contributed by atoms with Gasteiger partial charge in [-0.2, -0.15) is 0 Å². The Morgan fingerprint density at radius 1 is 1.37 bits per heavy atom. The van der Waals surface area contributed by atoms with Crippen LogP contribution in [0.15, 0.2) is 24.3 Å². The normalized spacial score (nSPS) is 25.0. The van der Waals surface area contributed by atoms with Crippen molar-refractivity contribution < 1.29 is 14.3 Å². The van der Waals surface area contributed by atoms with E-state index in [1.54, 1.807) is 12.1 Å². The van der Waals surface area contributed by atoms with E-state index in [1.165, 1.54) is 12.1 Å². The summed E-state index contributed by atoms with van der Waals surface area (Å²) < 4.78 is 13.5. The van der Waals surface area contributed by atoms with E-state index < -0.39 is 11.4 Å². The summed E-state index contributed by atoms with van der Waals surface area (Å²) in [4.78, 5) is 14.1. The second-order valence-electron chi connectivity index (χ2n) is 5.53. The van der Waals surface area contributed by atoms with E-state index >= 15 is 0 Å². The zero-order valence-corrected chi connectivity index (χ0v) is 11.2. The van der Waals surface area contributed by atoms with Gasteiger partial charge in [0, 0.05) is 6.54 Å². The lowest BCUT2D eigenvalue weighted by Crippen LogP contribution is -2.32. The van der Waals surface area contributed by atoms with Gasteiger partial charge in [-0.1, -0.05) is 12.1 Å². The van der Waals surface area contributed by atoms with Crippen LogP contribution in [0.5, 0.6) is 0 Å². The van der Waals surface area contributed by atoms with Crippen molar-refractivity contribution in [2.45, 2.75) is 31.8 Å². The predicted octanol–water partition coefficient (Wildman–Crippen LogP) is 2.25. The zero-order valence-electron chi connectivity index (χ0n) is 11.2. The number of likely N-dealkylation sites (tertiary alicyclic amines) is 1. The Morgan fingerprint density at radius 3 is 2.84 bits per heavy atom. The highest BCUT2D eigenvalue weighted by Gasteiger charge is 2.26. The number of aliphatic hydroxyl groups is 1. The highest BCUT2D eigenvalue weighted by molar-refractivity contribution is 5.97. The minimum atomic E-state index is -0.643. The molecule has 0 saturated carbocycles. The molecular weight excluding hydrogens is 245 g/mol. The summed E-state index contributed by atoms with van der Waals surface area (Å²) in [5.41, 5.74) is -0.492. The van der Waals surface area contributed by atoms with E-state index in [9.17, 15) is 14.3 Å². The van der Waals surface area contributed by atoms with Crippen LogP contribution in [0.4, 0.5) is 4.39 Å². The van der Waals surface area contributed by atoms with Crippen LogP contribution in [0.2, 0.25) is 0 Å². The molecule has 0 spiro atoms. The van der Waals surface area contributed by atoms with Crippen molar-refractivity contribution in [1.29, 1.82) is 0 Å². The third-order valence-corrected chi connectivity index (χ3v) is 3.70. The van der Waals surface area contributed by atoms with Gasteiger partial charge in [0.2, 0.25) is 0 Å². The van der Waals surface area contributed by atoms with Gasteiger partial charge in [-0.15, -0.1) is 0 Å². The van der Waals surface area contributed by atoms with Crippen LogP contribution in [0.1, 0.15) is 36.5 Å². The van der Waals surface area contributed by atoms with Gasteiger partial charge in [0.05, 0.1) is 17.7 Å². The molecule has 1 aromatic rings. The van der Waals surface area contributed by atoms with Gasteiger partial charge >= 0.3 is 0 Å². The molecule has 19 heavy (non-hydrogen) atoms. The molecule has 1 heterocycles. The fraction of sp³-hybridized carbons (Fsp3) is 0.533. The minimum absolute atomic E-state index is 0.151. The summed E-state index contributed by atoms with van der Waals surface area (Å²) in [6.45, 7) is 3.50. The van der Waals surface area contributed by atoms with Crippen LogP contribution in [0.3, 0.4) is 0 Å². The molecule has 1 aromatic carbocycles. The molecule has 3 nitrogen and oxygen atoms in total. The van der Waals surface area contributed by atoms with Crippen molar-refractivity contribution in [2.24, 2.45) is 0 Å². The number of rotatable bonds is 3. The number of hydrogen-bond acceptors (Lipinski definition) is 3. The highest BCUT2D eigenvalue weighted by atomic mass is 19.1. The number of ketones is 1. The average molecular weight is 265 g/mol. The van der Waals surface area contributed by atoms with Crippen LogP contribution in [-0.2, 0) is 0 Å². The van der Waals surface area contributed by atoms with Gasteiger partial charge in [-0.25, -0.2) is 4.39 Å². The maximum absolute atomic E-state index is 13.5. The Morgan fingerprint density at radius 2 is 2.11 bits per heavy atom. The molecule has 1 aliphatic rings. The molecule has 2 rings (SSSR count). The molecule has 1 atom stereocenters. The Kier molecular flexibility index (Phi) is 4.32. The summed E-state index contributed by atoms with van der Waals surface area (Å²) in [5, 5.41) is 10.00. The first-order chi connectivity index (χ1) is 8.98. The van der Waals surface area contributed by atoms with Gasteiger partial charge in [0.25, 0.3) is 0 Å². The summed E-state index contributed by atoms with van der Waals surface area (Å²) in [6.07, 6.45) is 2.26. The molecule has 0 radical (unpaired) electrons. The van der Waals surface area contributed by atoms with E-state index in [-0.39, 0.29) is 17.9 Å². The lowest BCUT2D eigenvalue weighted by Gasteiger charge is -2.21. The van der Waals surface area contributed by atoms with E-state index in [4.69, 9.17) is 0 Å². The minimum Gasteiger partial charge on any atom is -0.390 e. The lowest BCUT2D eigenvalue weighted by atomic mass is 9.98. The van der Waals surface area contributed by atoms with E-state index in [0.717, 1.165) is 19.4 Å². The van der Waals surface area contributed by atoms with Crippen molar-refractivity contribution in [3.05, 3.63) is 35.6 Å². The molecule has 1 aliphatic heterocycles. The number of hydrogen-bond donors (Lipinski definition) is 1. The molecule has 104 valence electrons. The third kappa shape index (κ3) is 3.85. The number of nitrogens with zero attached hydrogens (tertiary/aromatic N) is 1. The first kappa shape index (κ1) is 14.2. The molecule has 0 bridgehead atoms. The topological polar surface area (TPSA) is 40.5 Å². The molecule has 1 N–H and O–H groups in total. The van der Waals surface area contributed by atoms with Gasteiger partial charge in [-0.3, -0.25) is 9.69 Å². The van der Waals surface area contributed by atoms with Crippen LogP contribution < -0.4 is 0 Å². The summed E-state index contributed by atoms with van der Waals surface area (Å²) >= 11 is 0. The summed E-state index contributed by atoms with van der Waals surface area (Å²) in [6, 6.07) is 6.07. The van der Waals surface area contributed by atoms with Gasteiger partial charge in [0.1, 0.15) is 5.82 Å². The maximum Gasteiger partial charge on any atom is 0.179 e. The Hall–Kier alpha value is -1.26. The van der Waals surface area contributed by atoms with Crippen molar-refractivity contribution in [2.75, 3.05) is 19.6 Å². The Balaban J connectivity index is 1.98. The van der Waals surface area contributed by atoms with Gasteiger partial charge in [0.15, 0.2) is 5.78 Å². The van der Waals surface area contributed by atoms with Crippen molar-refractivity contribution in [3.8, 4) is 0 Å². The van der Waals surface area contributed by atoms with Crippen molar-refractivity contribution in [1.82, 2.24) is 4.90 Å². The fourth-order valence-corrected chi connectivity index (χ4v) is 2.45. The first-order valence-corrected chi connectivity index (χ1v) is 6.70. The van der Waals surface area contributed by atoms with Gasteiger partial charge in [-0.05, 0) is 44.9 Å². The summed E-state index contributed by atoms with van der Waals surface area (Å²) in [5.74, 6) is -0.658. The number of Topliss-reactive ketones (excluding diaryl/α,β-unsaturated/α-hetero) is 1. The Labute approximate surface area is 113 Å². The largest absolute Gasteiger partial charge is 0.390 e. The first-order valence-electron chi connectivity index (χ1n) is 6.70. The lowest BCUT2D eigenvalue weighted by molar-refractivity contribution is 0.0444. The molecule has 4 heteroatoms. The average Bonchev–Trinajstić information content (AvgIpc) is 2.51. The molecule has 0 aromatic heterocycles. The van der Waals surface area contributed by atoms with Gasteiger partial charge < -0.3 is 5.11 Å². The molecule has 0 amide bonds. The third-order valence-electron chi connectivity index (χ3n) is 3.70. The molecule has 0 aliphatic carbocycles. The molecule has 1 saturated heterocycles. The van der Waals surface area contributed by atoms with Crippen molar-refractivity contribution >= 4 is 5.78 Å². The molecule has 1 fully saturated rings. The summed E-state index contributed by atoms with van der Waals surface area (Å²) in [7, 11) is 0. The molecular formula is C15H20FNO2. The number of carbonyl (C=O) groups excluding carboxylic acids is 1. The monoisotopic (exact) mass is 265 g/mol. The SMILES string of the molecule is CC1(O)CCCN(CC(=O)c2ccccc2F)CC1. The second-order valence-corrected chi connectivity index (χ2v) is 5.53. The van der Waals surface area contributed by atoms with E-state index in [0.29, 0.717) is 13.0 Å².